The Kier molecular flexibility index (Phi) is 5.41. The van der Waals surface area contributed by atoms with Gasteiger partial charge in [-0.15, -0.1) is 0 Å². The molecule has 1 atom stereocenters. The van der Waals surface area contributed by atoms with Gasteiger partial charge in [-0.2, -0.15) is 0 Å². The highest BCUT2D eigenvalue weighted by molar-refractivity contribution is 6.33. The quantitative estimate of drug-likeness (QED) is 0.646. The maximum Gasteiger partial charge on any atom is 0.271 e. The SMILES string of the molecule is Cc1ccc(C)c(O[C@@H](C)C(=O)Nc2cc([N+](=O)[O-])ccc2Cl)c1. The highest BCUT2D eigenvalue weighted by atomic mass is 35.5. The van der Waals surface area contributed by atoms with E-state index in [1.807, 2.05) is 32.0 Å². The van der Waals surface area contributed by atoms with E-state index in [-0.39, 0.29) is 16.4 Å². The summed E-state index contributed by atoms with van der Waals surface area (Å²) in [5.41, 5.74) is 1.95. The Morgan fingerprint density at radius 2 is 1.96 bits per heavy atom. The molecule has 0 heterocycles. The number of halogens is 1. The summed E-state index contributed by atoms with van der Waals surface area (Å²) in [5.74, 6) is 0.168. The molecule has 2 aromatic carbocycles. The van der Waals surface area contributed by atoms with Crippen molar-refractivity contribution in [1.82, 2.24) is 0 Å². The van der Waals surface area contributed by atoms with Crippen LogP contribution in [0.25, 0.3) is 0 Å². The van der Waals surface area contributed by atoms with Crippen LogP contribution in [-0.2, 0) is 4.79 Å². The number of non-ortho nitro benzene ring substituents is 1. The molecule has 0 saturated heterocycles. The van der Waals surface area contributed by atoms with Gasteiger partial charge < -0.3 is 10.1 Å². The molecule has 1 N–H and O–H groups in total. The van der Waals surface area contributed by atoms with Gasteiger partial charge in [-0.3, -0.25) is 14.9 Å². The van der Waals surface area contributed by atoms with Crippen LogP contribution < -0.4 is 10.1 Å². The molecule has 0 unspecified atom stereocenters. The number of anilines is 1. The Bertz CT molecular complexity index is 792. The maximum absolute atomic E-state index is 12.3. The van der Waals surface area contributed by atoms with Crippen molar-refractivity contribution in [3.05, 3.63) is 62.7 Å². The molecule has 6 nitrogen and oxygen atoms in total. The zero-order valence-electron chi connectivity index (χ0n) is 13.5. The van der Waals surface area contributed by atoms with Gasteiger partial charge >= 0.3 is 0 Å². The third-order valence-corrected chi connectivity index (χ3v) is 3.76. The van der Waals surface area contributed by atoms with Gasteiger partial charge in [0.1, 0.15) is 5.75 Å². The Labute approximate surface area is 144 Å². The lowest BCUT2D eigenvalue weighted by molar-refractivity contribution is -0.384. The molecule has 0 saturated carbocycles. The van der Waals surface area contributed by atoms with Gasteiger partial charge in [0.15, 0.2) is 6.10 Å². The number of nitro benzene ring substituents is 1. The van der Waals surface area contributed by atoms with E-state index in [1.165, 1.54) is 18.2 Å². The van der Waals surface area contributed by atoms with E-state index in [9.17, 15) is 14.9 Å². The zero-order chi connectivity index (χ0) is 17.9. The number of hydrogen-bond acceptors (Lipinski definition) is 4. The number of rotatable bonds is 5. The van der Waals surface area contributed by atoms with Crippen molar-refractivity contribution in [2.45, 2.75) is 26.9 Å². The van der Waals surface area contributed by atoms with Crippen LogP contribution in [0.15, 0.2) is 36.4 Å². The fourth-order valence-corrected chi connectivity index (χ4v) is 2.20. The minimum absolute atomic E-state index is 0.155. The molecule has 1 amide bonds. The lowest BCUT2D eigenvalue weighted by Gasteiger charge is -2.17. The van der Waals surface area contributed by atoms with Crippen LogP contribution in [0.2, 0.25) is 5.02 Å². The molecule has 0 radical (unpaired) electrons. The lowest BCUT2D eigenvalue weighted by Crippen LogP contribution is -2.30. The zero-order valence-corrected chi connectivity index (χ0v) is 14.3. The number of carbonyl (C=O) groups excluding carboxylic acids is 1. The standard InChI is InChI=1S/C17H17ClN2O4/c1-10-4-5-11(2)16(8-10)24-12(3)17(21)19-15-9-13(20(22)23)6-7-14(15)18/h4-9,12H,1-3H3,(H,19,21)/t12-/m0/s1. The highest BCUT2D eigenvalue weighted by Crippen LogP contribution is 2.27. The van der Waals surface area contributed by atoms with E-state index < -0.39 is 16.9 Å². The number of hydrogen-bond donors (Lipinski definition) is 1. The van der Waals surface area contributed by atoms with Crippen LogP contribution >= 0.6 is 11.6 Å². The minimum Gasteiger partial charge on any atom is -0.481 e. The van der Waals surface area contributed by atoms with Gasteiger partial charge in [0.05, 0.1) is 15.6 Å². The summed E-state index contributed by atoms with van der Waals surface area (Å²) in [4.78, 5) is 22.5. The van der Waals surface area contributed by atoms with Gasteiger partial charge in [0, 0.05) is 12.1 Å². The highest BCUT2D eigenvalue weighted by Gasteiger charge is 2.18. The first kappa shape index (κ1) is 17.7. The molecule has 0 bridgehead atoms. The minimum atomic E-state index is -0.791. The van der Waals surface area contributed by atoms with E-state index in [0.29, 0.717) is 5.75 Å². The summed E-state index contributed by atoms with van der Waals surface area (Å²) in [6.07, 6.45) is -0.791. The Morgan fingerprint density at radius 3 is 2.62 bits per heavy atom. The molecular formula is C17H17ClN2O4. The van der Waals surface area contributed by atoms with Crippen LogP contribution in [0, 0.1) is 24.0 Å². The average molecular weight is 349 g/mol. The summed E-state index contributed by atoms with van der Waals surface area (Å²) >= 11 is 5.98. The van der Waals surface area contributed by atoms with E-state index in [4.69, 9.17) is 16.3 Å². The number of amides is 1. The normalized spacial score (nSPS) is 11.7. The first-order valence-corrected chi connectivity index (χ1v) is 7.64. The second-order valence-corrected chi connectivity index (χ2v) is 5.85. The van der Waals surface area contributed by atoms with Gasteiger partial charge in [0.2, 0.25) is 0 Å². The predicted molar refractivity (Wildman–Crippen MR) is 92.7 cm³/mol. The van der Waals surface area contributed by atoms with Gasteiger partial charge in [0.25, 0.3) is 11.6 Å². The third-order valence-electron chi connectivity index (χ3n) is 3.44. The average Bonchev–Trinajstić information content (AvgIpc) is 2.52. The number of ether oxygens (including phenoxy) is 1. The molecule has 126 valence electrons. The summed E-state index contributed by atoms with van der Waals surface area (Å²) < 4.78 is 5.69. The first-order chi connectivity index (χ1) is 11.3. The largest absolute Gasteiger partial charge is 0.481 e. The Balaban J connectivity index is 2.13. The molecule has 0 aliphatic carbocycles. The van der Waals surface area contributed by atoms with E-state index in [1.54, 1.807) is 6.92 Å². The molecule has 0 aromatic heterocycles. The predicted octanol–water partition coefficient (Wildman–Crippen LogP) is 4.27. The second kappa shape index (κ2) is 7.31. The van der Waals surface area contributed by atoms with Crippen molar-refractivity contribution in [1.29, 1.82) is 0 Å². The Morgan fingerprint density at radius 1 is 1.25 bits per heavy atom. The summed E-state index contributed by atoms with van der Waals surface area (Å²) in [6, 6.07) is 9.56. The van der Waals surface area contributed by atoms with Gasteiger partial charge in [-0.25, -0.2) is 0 Å². The monoisotopic (exact) mass is 348 g/mol. The fourth-order valence-electron chi connectivity index (χ4n) is 2.04. The van der Waals surface area contributed by atoms with Crippen molar-refractivity contribution in [3.63, 3.8) is 0 Å². The number of carbonyl (C=O) groups is 1. The molecule has 2 aromatic rings. The van der Waals surface area contributed by atoms with Gasteiger partial charge in [-0.05, 0) is 44.0 Å². The second-order valence-electron chi connectivity index (χ2n) is 5.44. The van der Waals surface area contributed by atoms with Crippen LogP contribution in [0.3, 0.4) is 0 Å². The third kappa shape index (κ3) is 4.23. The molecule has 2 rings (SSSR count). The Hall–Kier alpha value is -2.60. The first-order valence-electron chi connectivity index (χ1n) is 7.26. The fraction of sp³-hybridized carbons (Fsp3) is 0.235. The van der Waals surface area contributed by atoms with Crippen molar-refractivity contribution >= 4 is 28.9 Å². The summed E-state index contributed by atoms with van der Waals surface area (Å²) in [7, 11) is 0. The van der Waals surface area contributed by atoms with Crippen LogP contribution in [-0.4, -0.2) is 16.9 Å². The number of nitrogens with one attached hydrogen (secondary N) is 1. The molecule has 24 heavy (non-hydrogen) atoms. The molecule has 0 aliphatic heterocycles. The molecule has 0 spiro atoms. The maximum atomic E-state index is 12.3. The van der Waals surface area contributed by atoms with E-state index >= 15 is 0 Å². The number of benzene rings is 2. The summed E-state index contributed by atoms with van der Waals surface area (Å²) in [5, 5.41) is 13.6. The van der Waals surface area contributed by atoms with Gasteiger partial charge in [-0.1, -0.05) is 23.7 Å². The number of nitro groups is 1. The van der Waals surface area contributed by atoms with E-state index in [2.05, 4.69) is 5.32 Å². The molecule has 7 heteroatoms. The van der Waals surface area contributed by atoms with Crippen molar-refractivity contribution in [2.24, 2.45) is 0 Å². The number of nitrogens with zero attached hydrogens (tertiary/aromatic N) is 1. The lowest BCUT2D eigenvalue weighted by atomic mass is 10.1. The smallest absolute Gasteiger partial charge is 0.271 e. The summed E-state index contributed by atoms with van der Waals surface area (Å²) in [6.45, 7) is 5.42. The van der Waals surface area contributed by atoms with Crippen LogP contribution in [0.1, 0.15) is 18.1 Å². The molecule has 0 fully saturated rings. The molecular weight excluding hydrogens is 332 g/mol. The number of aryl methyl sites for hydroxylation is 2. The van der Waals surface area contributed by atoms with Crippen molar-refractivity contribution in [2.75, 3.05) is 5.32 Å². The van der Waals surface area contributed by atoms with Crippen LogP contribution in [0.4, 0.5) is 11.4 Å². The van der Waals surface area contributed by atoms with E-state index in [0.717, 1.165) is 11.1 Å². The van der Waals surface area contributed by atoms with Crippen molar-refractivity contribution < 1.29 is 14.5 Å². The molecule has 0 aliphatic rings. The van der Waals surface area contributed by atoms with Crippen LogP contribution in [0.5, 0.6) is 5.75 Å². The van der Waals surface area contributed by atoms with Crippen molar-refractivity contribution in [3.8, 4) is 5.75 Å². The topological polar surface area (TPSA) is 81.5 Å².